The van der Waals surface area contributed by atoms with Crippen LogP contribution in [-0.2, 0) is 15.9 Å². The van der Waals surface area contributed by atoms with Gasteiger partial charge in [-0.3, -0.25) is 0 Å². The summed E-state index contributed by atoms with van der Waals surface area (Å²) < 4.78 is 10.8. The Morgan fingerprint density at radius 2 is 1.42 bits per heavy atom. The van der Waals surface area contributed by atoms with Crippen molar-refractivity contribution >= 4 is 12.2 Å². The van der Waals surface area contributed by atoms with Gasteiger partial charge in [0.2, 0.25) is 0 Å². The van der Waals surface area contributed by atoms with Crippen molar-refractivity contribution in [1.29, 1.82) is 0 Å². The molecule has 0 radical (unpaired) electrons. The van der Waals surface area contributed by atoms with Crippen LogP contribution < -0.4 is 5.46 Å². The second kappa shape index (κ2) is 11.1. The molecule has 0 unspecified atom stereocenters. The van der Waals surface area contributed by atoms with E-state index in [4.69, 9.17) is 9.47 Å². The molecule has 2 nitrogen and oxygen atoms in total. The van der Waals surface area contributed by atoms with Crippen molar-refractivity contribution in [2.75, 3.05) is 13.2 Å². The van der Waals surface area contributed by atoms with E-state index in [-0.39, 0.29) is 6.29 Å². The maximum atomic E-state index is 5.41. The molecule has 1 aromatic rings. The molecule has 1 aliphatic heterocycles. The second-order valence-corrected chi connectivity index (χ2v) is 4.27. The van der Waals surface area contributed by atoms with Crippen LogP contribution >= 0.6 is 0 Å². The number of hydrogen-bond donors (Lipinski definition) is 0. The fourth-order valence-corrected chi connectivity index (χ4v) is 1.76. The summed E-state index contributed by atoms with van der Waals surface area (Å²) in [4.78, 5) is 0. The standard InChI is InChI=1S/C12H17BO2.2C2H6/c1-13(2)11-5-3-10(4-6-11)9-12-14-7-8-15-12;2*1-2/h3-6,12H,7-9H2,1-2H3;2*1-2H3. The Bertz CT molecular complexity index is 303. The summed E-state index contributed by atoms with van der Waals surface area (Å²) in [7, 11) is 0. The van der Waals surface area contributed by atoms with Gasteiger partial charge in [0.25, 0.3) is 0 Å². The minimum absolute atomic E-state index is 0.0325. The van der Waals surface area contributed by atoms with E-state index in [0.29, 0.717) is 6.71 Å². The van der Waals surface area contributed by atoms with E-state index in [1.54, 1.807) is 0 Å². The lowest BCUT2D eigenvalue weighted by atomic mass is 9.49. The van der Waals surface area contributed by atoms with Gasteiger partial charge in [-0.1, -0.05) is 71.1 Å². The molecule has 1 saturated heterocycles. The predicted molar refractivity (Wildman–Crippen MR) is 85.7 cm³/mol. The van der Waals surface area contributed by atoms with Gasteiger partial charge in [-0.25, -0.2) is 0 Å². The lowest BCUT2D eigenvalue weighted by Crippen LogP contribution is -2.22. The third kappa shape index (κ3) is 6.79. The molecule has 19 heavy (non-hydrogen) atoms. The summed E-state index contributed by atoms with van der Waals surface area (Å²) in [6, 6.07) is 8.71. The predicted octanol–water partition coefficient (Wildman–Crippen LogP) is 3.62. The molecular weight excluding hydrogens is 235 g/mol. The fraction of sp³-hybridized carbons (Fsp3) is 0.625. The molecule has 0 spiro atoms. The summed E-state index contributed by atoms with van der Waals surface area (Å²) in [6.45, 7) is 14.5. The molecule has 0 atom stereocenters. The molecule has 0 N–H and O–H groups in total. The lowest BCUT2D eigenvalue weighted by molar-refractivity contribution is -0.0399. The molecule has 1 aliphatic rings. The number of ether oxygens (including phenoxy) is 2. The molecule has 0 saturated carbocycles. The Kier molecular flexibility index (Phi) is 10.6. The average Bonchev–Trinajstić information content (AvgIpc) is 2.97. The minimum atomic E-state index is -0.0325. The zero-order chi connectivity index (χ0) is 14.7. The largest absolute Gasteiger partial charge is 0.350 e. The summed E-state index contributed by atoms with van der Waals surface area (Å²) in [5.74, 6) is 0. The van der Waals surface area contributed by atoms with Crippen LogP contribution in [0.1, 0.15) is 33.3 Å². The smallest absolute Gasteiger partial charge is 0.169 e. The van der Waals surface area contributed by atoms with Gasteiger partial charge >= 0.3 is 0 Å². The highest BCUT2D eigenvalue weighted by Gasteiger charge is 2.16. The van der Waals surface area contributed by atoms with Crippen LogP contribution in [0.2, 0.25) is 13.6 Å². The Balaban J connectivity index is 0.000000741. The number of rotatable bonds is 3. The minimum Gasteiger partial charge on any atom is -0.350 e. The van der Waals surface area contributed by atoms with E-state index in [1.165, 1.54) is 11.0 Å². The van der Waals surface area contributed by atoms with Crippen molar-refractivity contribution in [3.63, 3.8) is 0 Å². The van der Waals surface area contributed by atoms with Crippen LogP contribution in [0.25, 0.3) is 0 Å². The van der Waals surface area contributed by atoms with Crippen molar-refractivity contribution in [2.45, 2.75) is 54.1 Å². The first-order valence-corrected chi connectivity index (χ1v) is 7.58. The third-order valence-electron chi connectivity index (χ3n) is 2.74. The first kappa shape index (κ1) is 18.2. The Labute approximate surface area is 119 Å². The highest BCUT2D eigenvalue weighted by atomic mass is 16.7. The summed E-state index contributed by atoms with van der Waals surface area (Å²) >= 11 is 0. The normalized spacial score (nSPS) is 14.0. The molecule has 0 bridgehead atoms. The molecule has 3 heteroatoms. The van der Waals surface area contributed by atoms with E-state index in [9.17, 15) is 0 Å². The molecule has 2 rings (SSSR count). The summed E-state index contributed by atoms with van der Waals surface area (Å²) in [6.07, 6.45) is 0.827. The summed E-state index contributed by atoms with van der Waals surface area (Å²) in [5.41, 5.74) is 2.67. The Morgan fingerprint density at radius 3 is 1.84 bits per heavy atom. The molecule has 0 aliphatic carbocycles. The number of hydrogen-bond acceptors (Lipinski definition) is 2. The van der Waals surface area contributed by atoms with Crippen LogP contribution in [0.4, 0.5) is 0 Å². The Morgan fingerprint density at radius 1 is 0.947 bits per heavy atom. The van der Waals surface area contributed by atoms with Gasteiger partial charge < -0.3 is 9.47 Å². The zero-order valence-electron chi connectivity index (χ0n) is 13.4. The van der Waals surface area contributed by atoms with Crippen LogP contribution in [0.5, 0.6) is 0 Å². The maximum absolute atomic E-state index is 5.41. The van der Waals surface area contributed by atoms with Gasteiger partial charge in [0.1, 0.15) is 0 Å². The second-order valence-electron chi connectivity index (χ2n) is 4.27. The van der Waals surface area contributed by atoms with Gasteiger partial charge in [0, 0.05) is 6.42 Å². The number of benzene rings is 1. The third-order valence-corrected chi connectivity index (χ3v) is 2.74. The molecule has 1 fully saturated rings. The Hall–Kier alpha value is -0.795. The zero-order valence-corrected chi connectivity index (χ0v) is 13.4. The van der Waals surface area contributed by atoms with Crippen molar-refractivity contribution in [2.24, 2.45) is 0 Å². The topological polar surface area (TPSA) is 18.5 Å². The van der Waals surface area contributed by atoms with Crippen molar-refractivity contribution in [3.8, 4) is 0 Å². The van der Waals surface area contributed by atoms with Gasteiger partial charge in [-0.15, -0.1) is 0 Å². The molecule has 108 valence electrons. The highest BCUT2D eigenvalue weighted by molar-refractivity contribution is 6.70. The average molecular weight is 264 g/mol. The van der Waals surface area contributed by atoms with E-state index >= 15 is 0 Å². The van der Waals surface area contributed by atoms with E-state index < -0.39 is 0 Å². The lowest BCUT2D eigenvalue weighted by Gasteiger charge is -2.09. The summed E-state index contributed by atoms with van der Waals surface area (Å²) in [5, 5.41) is 0. The monoisotopic (exact) mass is 264 g/mol. The molecule has 0 amide bonds. The highest BCUT2D eigenvalue weighted by Crippen LogP contribution is 2.10. The van der Waals surface area contributed by atoms with E-state index in [1.807, 2.05) is 27.7 Å². The fourth-order valence-electron chi connectivity index (χ4n) is 1.76. The SMILES string of the molecule is CB(C)c1ccc(CC2OCCO2)cc1.CC.CC. The van der Waals surface area contributed by atoms with Crippen molar-refractivity contribution in [3.05, 3.63) is 29.8 Å². The van der Waals surface area contributed by atoms with Gasteiger partial charge in [-0.05, 0) is 5.56 Å². The van der Waals surface area contributed by atoms with Crippen LogP contribution in [-0.4, -0.2) is 26.2 Å². The van der Waals surface area contributed by atoms with E-state index in [0.717, 1.165) is 19.6 Å². The van der Waals surface area contributed by atoms with Crippen molar-refractivity contribution < 1.29 is 9.47 Å². The first-order chi connectivity index (χ1) is 9.25. The quantitative estimate of drug-likeness (QED) is 0.776. The van der Waals surface area contributed by atoms with Gasteiger partial charge in [0.05, 0.1) is 13.2 Å². The van der Waals surface area contributed by atoms with Crippen molar-refractivity contribution in [1.82, 2.24) is 0 Å². The van der Waals surface area contributed by atoms with Crippen LogP contribution in [0, 0.1) is 0 Å². The molecule has 1 aromatic carbocycles. The first-order valence-electron chi connectivity index (χ1n) is 7.58. The molecular formula is C16H29BO2. The van der Waals surface area contributed by atoms with E-state index in [2.05, 4.69) is 37.9 Å². The van der Waals surface area contributed by atoms with Crippen LogP contribution in [0.15, 0.2) is 24.3 Å². The molecule has 1 heterocycles. The van der Waals surface area contributed by atoms with Crippen LogP contribution in [0.3, 0.4) is 0 Å². The van der Waals surface area contributed by atoms with Gasteiger partial charge in [0.15, 0.2) is 13.0 Å². The maximum Gasteiger partial charge on any atom is 0.169 e. The van der Waals surface area contributed by atoms with Gasteiger partial charge in [-0.2, -0.15) is 0 Å². The molecule has 0 aromatic heterocycles.